The maximum Gasteiger partial charge on any atom is 0.0641 e. The van der Waals surface area contributed by atoms with Gasteiger partial charge in [0.25, 0.3) is 0 Å². The number of ether oxygens (including phenoxy) is 1. The summed E-state index contributed by atoms with van der Waals surface area (Å²) in [5, 5.41) is 4.86. The minimum absolute atomic E-state index is 0.568. The predicted octanol–water partition coefficient (Wildman–Crippen LogP) is 3.22. The Kier molecular flexibility index (Phi) is 5.62. The Morgan fingerprint density at radius 1 is 1.25 bits per heavy atom. The van der Waals surface area contributed by atoms with Crippen LogP contribution in [-0.2, 0) is 17.7 Å². The number of hydrogen-bond donors (Lipinski definition) is 1. The number of hydrogen-bond acceptors (Lipinski definition) is 2. The van der Waals surface area contributed by atoms with Crippen molar-refractivity contribution >= 4 is 10.9 Å². The molecule has 3 nitrogen and oxygen atoms in total. The molecular weight excluding hydrogens is 248 g/mol. The fourth-order valence-corrected chi connectivity index (χ4v) is 2.57. The maximum atomic E-state index is 5.20. The van der Waals surface area contributed by atoms with E-state index in [1.807, 2.05) is 0 Å². The highest BCUT2D eigenvalue weighted by Crippen LogP contribution is 2.22. The van der Waals surface area contributed by atoms with Crippen LogP contribution in [0.2, 0.25) is 0 Å². The van der Waals surface area contributed by atoms with Gasteiger partial charge in [0, 0.05) is 36.8 Å². The van der Waals surface area contributed by atoms with Crippen molar-refractivity contribution in [3.63, 3.8) is 0 Å². The van der Waals surface area contributed by atoms with E-state index >= 15 is 0 Å². The third-order valence-electron chi connectivity index (χ3n) is 3.58. The van der Waals surface area contributed by atoms with Gasteiger partial charge in [-0.15, -0.1) is 0 Å². The van der Waals surface area contributed by atoms with Gasteiger partial charge in [-0.05, 0) is 31.0 Å². The summed E-state index contributed by atoms with van der Waals surface area (Å²) in [6.45, 7) is 7.14. The first-order valence-electron chi connectivity index (χ1n) is 7.51. The summed E-state index contributed by atoms with van der Waals surface area (Å²) in [5.41, 5.74) is 2.76. The zero-order valence-corrected chi connectivity index (χ0v) is 12.9. The fraction of sp³-hybridized carbons (Fsp3) is 0.529. The highest BCUT2D eigenvalue weighted by atomic mass is 16.5. The van der Waals surface area contributed by atoms with Crippen LogP contribution < -0.4 is 5.32 Å². The average Bonchev–Trinajstić information content (AvgIpc) is 2.80. The molecule has 0 aliphatic rings. The minimum atomic E-state index is 0.568. The summed E-state index contributed by atoms with van der Waals surface area (Å²) < 4.78 is 7.51. The molecule has 0 spiro atoms. The SMILES string of the molecule is COCCn1cc(CCCNC(C)C)c2ccccc21. The van der Waals surface area contributed by atoms with Gasteiger partial charge in [0.2, 0.25) is 0 Å². The van der Waals surface area contributed by atoms with Crippen molar-refractivity contribution in [2.24, 2.45) is 0 Å². The van der Waals surface area contributed by atoms with Crippen molar-refractivity contribution in [1.82, 2.24) is 9.88 Å². The van der Waals surface area contributed by atoms with Gasteiger partial charge in [0.15, 0.2) is 0 Å². The lowest BCUT2D eigenvalue weighted by Crippen LogP contribution is -2.23. The zero-order valence-electron chi connectivity index (χ0n) is 12.9. The molecule has 2 rings (SSSR count). The van der Waals surface area contributed by atoms with Crippen molar-refractivity contribution in [2.45, 2.75) is 39.3 Å². The molecule has 0 amide bonds. The van der Waals surface area contributed by atoms with E-state index in [1.165, 1.54) is 22.9 Å². The van der Waals surface area contributed by atoms with E-state index in [0.29, 0.717) is 6.04 Å². The van der Waals surface area contributed by atoms with Gasteiger partial charge < -0.3 is 14.6 Å². The zero-order chi connectivity index (χ0) is 14.4. The Morgan fingerprint density at radius 3 is 2.80 bits per heavy atom. The van der Waals surface area contributed by atoms with Gasteiger partial charge in [-0.1, -0.05) is 32.0 Å². The van der Waals surface area contributed by atoms with Gasteiger partial charge in [-0.2, -0.15) is 0 Å². The molecule has 2 aromatic rings. The van der Waals surface area contributed by atoms with Crippen LogP contribution in [0.1, 0.15) is 25.8 Å². The normalized spacial score (nSPS) is 11.6. The van der Waals surface area contributed by atoms with Crippen LogP contribution in [-0.4, -0.2) is 30.9 Å². The van der Waals surface area contributed by atoms with Crippen molar-refractivity contribution < 1.29 is 4.74 Å². The molecule has 0 aliphatic carbocycles. The second-order valence-electron chi connectivity index (χ2n) is 5.57. The number of para-hydroxylation sites is 1. The molecule has 3 heteroatoms. The van der Waals surface area contributed by atoms with Crippen molar-refractivity contribution in [2.75, 3.05) is 20.3 Å². The smallest absolute Gasteiger partial charge is 0.0641 e. The van der Waals surface area contributed by atoms with Gasteiger partial charge in [-0.25, -0.2) is 0 Å². The van der Waals surface area contributed by atoms with Gasteiger partial charge >= 0.3 is 0 Å². The molecule has 0 unspecified atom stereocenters. The number of nitrogens with one attached hydrogen (secondary N) is 1. The Morgan fingerprint density at radius 2 is 2.05 bits per heavy atom. The largest absolute Gasteiger partial charge is 0.383 e. The number of benzene rings is 1. The summed E-state index contributed by atoms with van der Waals surface area (Å²) in [4.78, 5) is 0. The number of methoxy groups -OCH3 is 1. The number of aryl methyl sites for hydroxylation is 1. The molecule has 1 aromatic heterocycles. The van der Waals surface area contributed by atoms with Crippen molar-refractivity contribution in [3.8, 4) is 0 Å². The number of aromatic nitrogens is 1. The molecule has 0 saturated carbocycles. The monoisotopic (exact) mass is 274 g/mol. The lowest BCUT2D eigenvalue weighted by Gasteiger charge is -2.07. The summed E-state index contributed by atoms with van der Waals surface area (Å²) in [6.07, 6.45) is 4.59. The van der Waals surface area contributed by atoms with Crippen LogP contribution in [0, 0.1) is 0 Å². The van der Waals surface area contributed by atoms with E-state index in [-0.39, 0.29) is 0 Å². The van der Waals surface area contributed by atoms with Crippen LogP contribution in [0.3, 0.4) is 0 Å². The Hall–Kier alpha value is -1.32. The van der Waals surface area contributed by atoms with Crippen LogP contribution >= 0.6 is 0 Å². The van der Waals surface area contributed by atoms with E-state index in [0.717, 1.165) is 26.1 Å². The highest BCUT2D eigenvalue weighted by Gasteiger charge is 2.07. The first-order chi connectivity index (χ1) is 9.72. The Balaban J connectivity index is 2.08. The lowest BCUT2D eigenvalue weighted by atomic mass is 10.1. The fourth-order valence-electron chi connectivity index (χ4n) is 2.57. The second-order valence-corrected chi connectivity index (χ2v) is 5.57. The van der Waals surface area contributed by atoms with E-state index in [9.17, 15) is 0 Å². The number of nitrogens with zero attached hydrogens (tertiary/aromatic N) is 1. The molecular formula is C17H26N2O. The third-order valence-corrected chi connectivity index (χ3v) is 3.58. The topological polar surface area (TPSA) is 26.2 Å². The van der Waals surface area contributed by atoms with Crippen molar-refractivity contribution in [1.29, 1.82) is 0 Å². The standard InChI is InChI=1S/C17H26N2O/c1-14(2)18-10-6-7-15-13-19(11-12-20-3)17-9-5-4-8-16(15)17/h4-5,8-9,13-14,18H,6-7,10-12H2,1-3H3. The predicted molar refractivity (Wildman–Crippen MR) is 85.3 cm³/mol. The summed E-state index contributed by atoms with van der Waals surface area (Å²) >= 11 is 0. The molecule has 0 fully saturated rings. The van der Waals surface area contributed by atoms with Gasteiger partial charge in [0.05, 0.1) is 6.61 Å². The van der Waals surface area contributed by atoms with E-state index < -0.39 is 0 Å². The molecule has 1 aromatic carbocycles. The molecule has 0 aliphatic heterocycles. The second kappa shape index (κ2) is 7.46. The average molecular weight is 274 g/mol. The molecule has 1 heterocycles. The van der Waals surface area contributed by atoms with Gasteiger partial charge in [-0.3, -0.25) is 0 Å². The molecule has 0 saturated heterocycles. The van der Waals surface area contributed by atoms with E-state index in [1.54, 1.807) is 7.11 Å². The van der Waals surface area contributed by atoms with Gasteiger partial charge in [0.1, 0.15) is 0 Å². The van der Waals surface area contributed by atoms with Crippen LogP contribution in [0.5, 0.6) is 0 Å². The minimum Gasteiger partial charge on any atom is -0.383 e. The number of rotatable bonds is 8. The Bertz CT molecular complexity index is 531. The van der Waals surface area contributed by atoms with Crippen LogP contribution in [0.15, 0.2) is 30.5 Å². The molecule has 0 atom stereocenters. The summed E-state index contributed by atoms with van der Waals surface area (Å²) in [7, 11) is 1.75. The molecule has 110 valence electrons. The quantitative estimate of drug-likeness (QED) is 0.748. The van der Waals surface area contributed by atoms with E-state index in [2.05, 4.69) is 54.2 Å². The molecule has 0 bridgehead atoms. The summed E-state index contributed by atoms with van der Waals surface area (Å²) in [5.74, 6) is 0. The maximum absolute atomic E-state index is 5.20. The first-order valence-corrected chi connectivity index (χ1v) is 7.51. The lowest BCUT2D eigenvalue weighted by molar-refractivity contribution is 0.188. The highest BCUT2D eigenvalue weighted by molar-refractivity contribution is 5.83. The summed E-state index contributed by atoms with van der Waals surface area (Å²) in [6, 6.07) is 9.22. The van der Waals surface area contributed by atoms with Crippen LogP contribution in [0.4, 0.5) is 0 Å². The molecule has 1 N–H and O–H groups in total. The van der Waals surface area contributed by atoms with E-state index in [4.69, 9.17) is 4.74 Å². The Labute approximate surface area is 121 Å². The third kappa shape index (κ3) is 3.84. The van der Waals surface area contributed by atoms with Crippen LogP contribution in [0.25, 0.3) is 10.9 Å². The molecule has 0 radical (unpaired) electrons. The van der Waals surface area contributed by atoms with Crippen molar-refractivity contribution in [3.05, 3.63) is 36.0 Å². The number of fused-ring (bicyclic) bond motifs is 1. The first kappa shape index (κ1) is 15.1. The molecule has 20 heavy (non-hydrogen) atoms.